The van der Waals surface area contributed by atoms with Crippen molar-refractivity contribution >= 4 is 14.8 Å². The van der Waals surface area contributed by atoms with Gasteiger partial charge in [-0.15, -0.1) is 6.58 Å². The number of nitrogens with zero attached hydrogens (tertiary/aromatic N) is 1. The standard InChI is InChI=1S/C8H10NSi/c1-2-7-10-8-5-3-4-6-9-8/h2-6,10H,1,7H2. The smallest absolute Gasteiger partial charge is 0.0958 e. The molecule has 0 saturated heterocycles. The Morgan fingerprint density at radius 1 is 1.60 bits per heavy atom. The van der Waals surface area contributed by atoms with E-state index in [9.17, 15) is 0 Å². The van der Waals surface area contributed by atoms with Gasteiger partial charge in [-0.1, -0.05) is 12.1 Å². The molecule has 1 aromatic heterocycles. The third kappa shape index (κ3) is 2.15. The molecule has 0 N–H and O–H groups in total. The van der Waals surface area contributed by atoms with Crippen LogP contribution in [-0.2, 0) is 0 Å². The molecular weight excluding hydrogens is 138 g/mol. The molecule has 0 spiro atoms. The maximum Gasteiger partial charge on any atom is 0.0958 e. The minimum atomic E-state index is 0.317. The molecule has 0 aliphatic rings. The fourth-order valence-corrected chi connectivity index (χ4v) is 1.55. The maximum absolute atomic E-state index is 4.21. The Bertz CT molecular complexity index is 196. The number of aromatic nitrogens is 1. The van der Waals surface area contributed by atoms with Gasteiger partial charge < -0.3 is 0 Å². The summed E-state index contributed by atoms with van der Waals surface area (Å²) in [5.74, 6) is 0. The summed E-state index contributed by atoms with van der Waals surface area (Å²) in [6.45, 7) is 3.67. The second-order valence-electron chi connectivity index (χ2n) is 1.98. The Kier molecular flexibility index (Phi) is 2.89. The van der Waals surface area contributed by atoms with Gasteiger partial charge in [-0.05, 0) is 18.2 Å². The summed E-state index contributed by atoms with van der Waals surface area (Å²) < 4.78 is 0. The monoisotopic (exact) mass is 148 g/mol. The zero-order valence-electron chi connectivity index (χ0n) is 5.83. The number of rotatable bonds is 3. The van der Waals surface area contributed by atoms with Crippen LogP contribution >= 0.6 is 0 Å². The first-order valence-corrected chi connectivity index (χ1v) is 4.68. The molecule has 10 heavy (non-hydrogen) atoms. The Balaban J connectivity index is 2.50. The van der Waals surface area contributed by atoms with Crippen LogP contribution in [0.3, 0.4) is 0 Å². The lowest BCUT2D eigenvalue weighted by Gasteiger charge is -1.92. The third-order valence-electron chi connectivity index (χ3n) is 1.18. The van der Waals surface area contributed by atoms with Crippen LogP contribution in [0, 0.1) is 0 Å². The van der Waals surface area contributed by atoms with E-state index in [1.165, 1.54) is 5.32 Å². The first kappa shape index (κ1) is 7.22. The quantitative estimate of drug-likeness (QED) is 0.455. The molecule has 0 unspecified atom stereocenters. The van der Waals surface area contributed by atoms with Crippen molar-refractivity contribution in [2.45, 2.75) is 6.04 Å². The molecule has 1 radical (unpaired) electrons. The van der Waals surface area contributed by atoms with Gasteiger partial charge >= 0.3 is 0 Å². The van der Waals surface area contributed by atoms with Crippen molar-refractivity contribution in [3.63, 3.8) is 0 Å². The van der Waals surface area contributed by atoms with E-state index in [0.717, 1.165) is 6.04 Å². The van der Waals surface area contributed by atoms with Crippen molar-refractivity contribution < 1.29 is 0 Å². The van der Waals surface area contributed by atoms with E-state index in [0.29, 0.717) is 9.52 Å². The Hall–Kier alpha value is -0.893. The van der Waals surface area contributed by atoms with E-state index >= 15 is 0 Å². The average Bonchev–Trinajstić information content (AvgIpc) is 2.03. The summed E-state index contributed by atoms with van der Waals surface area (Å²) in [5.41, 5.74) is 0. The number of hydrogen-bond acceptors (Lipinski definition) is 1. The number of allylic oxidation sites excluding steroid dienone is 1. The predicted octanol–water partition coefficient (Wildman–Crippen LogP) is 0.748. The van der Waals surface area contributed by atoms with Crippen molar-refractivity contribution in [1.82, 2.24) is 4.98 Å². The molecular formula is C8H10NSi. The lowest BCUT2D eigenvalue weighted by molar-refractivity contribution is 1.38. The highest BCUT2D eigenvalue weighted by Crippen LogP contribution is 1.80. The molecule has 1 nitrogen and oxygen atoms in total. The average molecular weight is 148 g/mol. The van der Waals surface area contributed by atoms with E-state index < -0.39 is 0 Å². The molecule has 0 fully saturated rings. The zero-order chi connectivity index (χ0) is 7.23. The Morgan fingerprint density at radius 3 is 3.10 bits per heavy atom. The van der Waals surface area contributed by atoms with Crippen molar-refractivity contribution in [2.75, 3.05) is 0 Å². The summed E-state index contributed by atoms with van der Waals surface area (Å²) in [4.78, 5) is 4.21. The first-order valence-electron chi connectivity index (χ1n) is 3.28. The second kappa shape index (κ2) is 4.01. The molecule has 0 aromatic carbocycles. The van der Waals surface area contributed by atoms with Gasteiger partial charge in [0.05, 0.1) is 9.52 Å². The van der Waals surface area contributed by atoms with Gasteiger partial charge in [-0.2, -0.15) is 0 Å². The third-order valence-corrected chi connectivity index (χ3v) is 2.51. The van der Waals surface area contributed by atoms with Crippen molar-refractivity contribution in [2.24, 2.45) is 0 Å². The second-order valence-corrected chi connectivity index (χ2v) is 3.45. The van der Waals surface area contributed by atoms with E-state index in [1.807, 2.05) is 24.4 Å². The van der Waals surface area contributed by atoms with Crippen LogP contribution in [0.5, 0.6) is 0 Å². The molecule has 0 amide bonds. The SMILES string of the molecule is C=CC[SiH]c1ccccn1. The minimum Gasteiger partial charge on any atom is -0.267 e. The van der Waals surface area contributed by atoms with Crippen LogP contribution in [0.2, 0.25) is 6.04 Å². The summed E-state index contributed by atoms with van der Waals surface area (Å²) in [6, 6.07) is 7.13. The number of hydrogen-bond donors (Lipinski definition) is 0. The van der Waals surface area contributed by atoms with Crippen LogP contribution in [0.15, 0.2) is 37.1 Å². The molecule has 0 aliphatic carbocycles. The van der Waals surface area contributed by atoms with Crippen LogP contribution in [-0.4, -0.2) is 14.5 Å². The first-order chi connectivity index (χ1) is 4.93. The normalized spacial score (nSPS) is 9.20. The summed E-state index contributed by atoms with van der Waals surface area (Å²) >= 11 is 0. The Labute approximate surface area is 63.6 Å². The lowest BCUT2D eigenvalue weighted by atomic mass is 10.5. The molecule has 1 rings (SSSR count). The van der Waals surface area contributed by atoms with E-state index in [1.54, 1.807) is 0 Å². The molecule has 1 heterocycles. The highest BCUT2D eigenvalue weighted by Gasteiger charge is 1.89. The lowest BCUT2D eigenvalue weighted by Crippen LogP contribution is -2.15. The van der Waals surface area contributed by atoms with Gasteiger partial charge in [-0.3, -0.25) is 4.98 Å². The number of pyridine rings is 1. The minimum absolute atomic E-state index is 0.317. The molecule has 1 aromatic rings. The van der Waals surface area contributed by atoms with Gasteiger partial charge in [0.15, 0.2) is 0 Å². The fraction of sp³-hybridized carbons (Fsp3) is 0.125. The van der Waals surface area contributed by atoms with E-state index in [-0.39, 0.29) is 0 Å². The fourth-order valence-electron chi connectivity index (χ4n) is 0.701. The molecule has 2 heteroatoms. The van der Waals surface area contributed by atoms with Gasteiger partial charge in [-0.25, -0.2) is 0 Å². The highest BCUT2D eigenvalue weighted by atomic mass is 28.2. The maximum atomic E-state index is 4.21. The van der Waals surface area contributed by atoms with Gasteiger partial charge in [0.2, 0.25) is 0 Å². The van der Waals surface area contributed by atoms with Crippen LogP contribution < -0.4 is 5.32 Å². The molecule has 0 bridgehead atoms. The molecule has 0 saturated carbocycles. The van der Waals surface area contributed by atoms with Gasteiger partial charge in [0.1, 0.15) is 0 Å². The van der Waals surface area contributed by atoms with Crippen LogP contribution in [0.25, 0.3) is 0 Å². The molecule has 51 valence electrons. The zero-order valence-corrected chi connectivity index (χ0v) is 6.98. The van der Waals surface area contributed by atoms with Gasteiger partial charge in [0.25, 0.3) is 0 Å². The van der Waals surface area contributed by atoms with E-state index in [2.05, 4.69) is 17.6 Å². The van der Waals surface area contributed by atoms with Crippen LogP contribution in [0.1, 0.15) is 0 Å². The van der Waals surface area contributed by atoms with Crippen LogP contribution in [0.4, 0.5) is 0 Å². The summed E-state index contributed by atoms with van der Waals surface area (Å²) in [7, 11) is 0.317. The molecule has 0 atom stereocenters. The molecule has 0 aliphatic heterocycles. The van der Waals surface area contributed by atoms with Crippen molar-refractivity contribution in [3.8, 4) is 0 Å². The highest BCUT2D eigenvalue weighted by molar-refractivity contribution is 6.52. The summed E-state index contributed by atoms with van der Waals surface area (Å²) in [5, 5.41) is 1.22. The van der Waals surface area contributed by atoms with Gasteiger partial charge in [0, 0.05) is 11.5 Å². The predicted molar refractivity (Wildman–Crippen MR) is 46.0 cm³/mol. The topological polar surface area (TPSA) is 12.9 Å². The summed E-state index contributed by atoms with van der Waals surface area (Å²) in [6.07, 6.45) is 3.79. The Morgan fingerprint density at radius 2 is 2.50 bits per heavy atom. The largest absolute Gasteiger partial charge is 0.267 e. The van der Waals surface area contributed by atoms with E-state index in [4.69, 9.17) is 0 Å². The van der Waals surface area contributed by atoms with Crippen molar-refractivity contribution in [1.29, 1.82) is 0 Å². The van der Waals surface area contributed by atoms with Crippen molar-refractivity contribution in [3.05, 3.63) is 37.1 Å².